The van der Waals surface area contributed by atoms with Crippen molar-refractivity contribution in [3.63, 3.8) is 0 Å². The van der Waals surface area contributed by atoms with Gasteiger partial charge in [0.1, 0.15) is 5.75 Å². The summed E-state index contributed by atoms with van der Waals surface area (Å²) in [7, 11) is 1.55. The SMILES string of the molecule is CC(C)c1ccc(OCCCC(=O)N(C)N)cc1. The maximum Gasteiger partial charge on any atom is 0.236 e. The van der Waals surface area contributed by atoms with Gasteiger partial charge >= 0.3 is 0 Å². The molecule has 0 saturated carbocycles. The molecule has 4 heteroatoms. The number of hydrogen-bond donors (Lipinski definition) is 1. The van der Waals surface area contributed by atoms with E-state index in [0.29, 0.717) is 25.4 Å². The van der Waals surface area contributed by atoms with Crippen molar-refractivity contribution in [3.8, 4) is 5.75 Å². The Morgan fingerprint density at radius 2 is 1.94 bits per heavy atom. The van der Waals surface area contributed by atoms with Crippen LogP contribution < -0.4 is 10.6 Å². The number of carbonyl (C=O) groups excluding carboxylic acids is 1. The van der Waals surface area contributed by atoms with E-state index in [1.807, 2.05) is 12.1 Å². The summed E-state index contributed by atoms with van der Waals surface area (Å²) < 4.78 is 5.56. The Bertz CT molecular complexity index is 372. The molecule has 0 fully saturated rings. The normalized spacial score (nSPS) is 10.5. The van der Waals surface area contributed by atoms with E-state index in [9.17, 15) is 4.79 Å². The molecule has 0 heterocycles. The van der Waals surface area contributed by atoms with Gasteiger partial charge in [0.05, 0.1) is 6.61 Å². The zero-order valence-corrected chi connectivity index (χ0v) is 11.3. The van der Waals surface area contributed by atoms with Crippen molar-refractivity contribution in [3.05, 3.63) is 29.8 Å². The molecule has 100 valence electrons. The summed E-state index contributed by atoms with van der Waals surface area (Å²) in [6.07, 6.45) is 1.09. The minimum Gasteiger partial charge on any atom is -0.494 e. The lowest BCUT2D eigenvalue weighted by molar-refractivity contribution is -0.130. The smallest absolute Gasteiger partial charge is 0.236 e. The lowest BCUT2D eigenvalue weighted by atomic mass is 10.0. The summed E-state index contributed by atoms with van der Waals surface area (Å²) in [5, 5.41) is 1.11. The molecule has 0 aliphatic carbocycles. The van der Waals surface area contributed by atoms with Gasteiger partial charge in [-0.05, 0) is 30.0 Å². The third kappa shape index (κ3) is 4.75. The lowest BCUT2D eigenvalue weighted by Crippen LogP contribution is -2.33. The van der Waals surface area contributed by atoms with Crippen LogP contribution in [0.15, 0.2) is 24.3 Å². The Labute approximate surface area is 109 Å². The van der Waals surface area contributed by atoms with Gasteiger partial charge in [-0.25, -0.2) is 5.84 Å². The first-order chi connectivity index (χ1) is 8.50. The number of amides is 1. The van der Waals surface area contributed by atoms with Gasteiger partial charge in [-0.1, -0.05) is 26.0 Å². The van der Waals surface area contributed by atoms with Crippen LogP contribution in [0, 0.1) is 0 Å². The van der Waals surface area contributed by atoms with E-state index in [1.54, 1.807) is 7.05 Å². The molecule has 0 atom stereocenters. The molecule has 1 rings (SSSR count). The molecule has 1 amide bonds. The number of rotatable bonds is 6. The van der Waals surface area contributed by atoms with Gasteiger partial charge in [0, 0.05) is 13.5 Å². The number of ether oxygens (including phenoxy) is 1. The Morgan fingerprint density at radius 1 is 1.33 bits per heavy atom. The van der Waals surface area contributed by atoms with Crippen LogP contribution in [0.3, 0.4) is 0 Å². The molecule has 1 aromatic carbocycles. The predicted octanol–water partition coefficient (Wildman–Crippen LogP) is 2.30. The van der Waals surface area contributed by atoms with Crippen LogP contribution in [-0.2, 0) is 4.79 Å². The molecule has 0 saturated heterocycles. The largest absolute Gasteiger partial charge is 0.494 e. The molecule has 0 aliphatic heterocycles. The van der Waals surface area contributed by atoms with Crippen LogP contribution in [0.5, 0.6) is 5.75 Å². The fourth-order valence-corrected chi connectivity index (χ4v) is 1.54. The number of carbonyl (C=O) groups is 1. The van der Waals surface area contributed by atoms with Crippen molar-refractivity contribution in [1.82, 2.24) is 5.01 Å². The maximum absolute atomic E-state index is 11.2. The Balaban J connectivity index is 2.29. The zero-order valence-electron chi connectivity index (χ0n) is 11.3. The molecule has 2 N–H and O–H groups in total. The second-order valence-electron chi connectivity index (χ2n) is 4.68. The first kappa shape index (κ1) is 14.5. The highest BCUT2D eigenvalue weighted by molar-refractivity contribution is 5.75. The first-order valence-corrected chi connectivity index (χ1v) is 6.24. The third-order valence-electron chi connectivity index (χ3n) is 2.74. The number of nitrogens with zero attached hydrogens (tertiary/aromatic N) is 1. The standard InChI is InChI=1S/C14H22N2O2/c1-11(2)12-6-8-13(9-7-12)18-10-4-5-14(17)16(3)15/h6-9,11H,4-5,10,15H2,1-3H3. The van der Waals surface area contributed by atoms with Gasteiger partial charge in [0.15, 0.2) is 0 Å². The van der Waals surface area contributed by atoms with Crippen molar-refractivity contribution in [2.45, 2.75) is 32.6 Å². The number of benzene rings is 1. The molecule has 0 radical (unpaired) electrons. The molecular weight excluding hydrogens is 228 g/mol. The van der Waals surface area contributed by atoms with E-state index in [4.69, 9.17) is 10.6 Å². The summed E-state index contributed by atoms with van der Waals surface area (Å²) in [6.45, 7) is 4.84. The Kier molecular flexibility index (Phi) is 5.65. The molecule has 4 nitrogen and oxygen atoms in total. The van der Waals surface area contributed by atoms with E-state index in [1.165, 1.54) is 5.56 Å². The van der Waals surface area contributed by atoms with Crippen molar-refractivity contribution in [1.29, 1.82) is 0 Å². The monoisotopic (exact) mass is 250 g/mol. The average Bonchev–Trinajstić information content (AvgIpc) is 2.34. The molecular formula is C14H22N2O2. The molecule has 0 bridgehead atoms. The van der Waals surface area contributed by atoms with Crippen molar-refractivity contribution >= 4 is 5.91 Å². The van der Waals surface area contributed by atoms with E-state index < -0.39 is 0 Å². The van der Waals surface area contributed by atoms with Crippen molar-refractivity contribution < 1.29 is 9.53 Å². The minimum atomic E-state index is -0.0752. The molecule has 0 unspecified atom stereocenters. The van der Waals surface area contributed by atoms with Gasteiger partial charge in [0.2, 0.25) is 5.91 Å². The van der Waals surface area contributed by atoms with E-state index >= 15 is 0 Å². The minimum absolute atomic E-state index is 0.0752. The van der Waals surface area contributed by atoms with E-state index in [2.05, 4.69) is 26.0 Å². The van der Waals surface area contributed by atoms with E-state index in [-0.39, 0.29) is 5.91 Å². The highest BCUT2D eigenvalue weighted by Crippen LogP contribution is 2.18. The molecule has 0 aliphatic rings. The van der Waals surface area contributed by atoms with Crippen LogP contribution in [0.1, 0.15) is 38.2 Å². The highest BCUT2D eigenvalue weighted by Gasteiger charge is 2.04. The van der Waals surface area contributed by atoms with Gasteiger partial charge in [0.25, 0.3) is 0 Å². The molecule has 1 aromatic rings. The average molecular weight is 250 g/mol. The van der Waals surface area contributed by atoms with Crippen LogP contribution in [0.2, 0.25) is 0 Å². The number of hydrogen-bond acceptors (Lipinski definition) is 3. The molecule has 0 spiro atoms. The predicted molar refractivity (Wildman–Crippen MR) is 72.2 cm³/mol. The Hall–Kier alpha value is -1.55. The summed E-state index contributed by atoms with van der Waals surface area (Å²) in [4.78, 5) is 11.2. The molecule has 18 heavy (non-hydrogen) atoms. The van der Waals surface area contributed by atoms with Crippen LogP contribution in [0.4, 0.5) is 0 Å². The Morgan fingerprint density at radius 3 is 2.44 bits per heavy atom. The first-order valence-electron chi connectivity index (χ1n) is 6.24. The highest BCUT2D eigenvalue weighted by atomic mass is 16.5. The number of nitrogens with two attached hydrogens (primary N) is 1. The van der Waals surface area contributed by atoms with Gasteiger partial charge < -0.3 is 4.74 Å². The second-order valence-corrected chi connectivity index (χ2v) is 4.68. The molecule has 0 aromatic heterocycles. The fraction of sp³-hybridized carbons (Fsp3) is 0.500. The number of hydrazine groups is 1. The topological polar surface area (TPSA) is 55.6 Å². The zero-order chi connectivity index (χ0) is 13.5. The van der Waals surface area contributed by atoms with Crippen LogP contribution in [0.25, 0.3) is 0 Å². The quantitative estimate of drug-likeness (QED) is 0.365. The fourth-order valence-electron chi connectivity index (χ4n) is 1.54. The lowest BCUT2D eigenvalue weighted by Gasteiger charge is -2.11. The second kappa shape index (κ2) is 7.01. The van der Waals surface area contributed by atoms with Crippen LogP contribution >= 0.6 is 0 Å². The summed E-state index contributed by atoms with van der Waals surface area (Å²) >= 11 is 0. The van der Waals surface area contributed by atoms with Gasteiger partial charge in [-0.15, -0.1) is 0 Å². The van der Waals surface area contributed by atoms with Gasteiger partial charge in [-0.3, -0.25) is 9.80 Å². The maximum atomic E-state index is 11.2. The summed E-state index contributed by atoms with van der Waals surface area (Å²) in [5.41, 5.74) is 1.29. The summed E-state index contributed by atoms with van der Waals surface area (Å²) in [5.74, 6) is 6.61. The van der Waals surface area contributed by atoms with Crippen molar-refractivity contribution in [2.75, 3.05) is 13.7 Å². The van der Waals surface area contributed by atoms with Crippen LogP contribution in [-0.4, -0.2) is 24.6 Å². The summed E-state index contributed by atoms with van der Waals surface area (Å²) in [6, 6.07) is 8.07. The van der Waals surface area contributed by atoms with Crippen molar-refractivity contribution in [2.24, 2.45) is 5.84 Å². The van der Waals surface area contributed by atoms with E-state index in [0.717, 1.165) is 10.8 Å². The third-order valence-corrected chi connectivity index (χ3v) is 2.74. The van der Waals surface area contributed by atoms with Gasteiger partial charge in [-0.2, -0.15) is 0 Å².